The summed E-state index contributed by atoms with van der Waals surface area (Å²) in [5, 5.41) is 14.0. The van der Waals surface area contributed by atoms with E-state index in [0.29, 0.717) is 5.92 Å². The number of hydrogen-bond acceptors (Lipinski definition) is 2. The minimum absolute atomic E-state index is 0.177. The molecular formula is C19H23NO. The fourth-order valence-electron chi connectivity index (χ4n) is 3.13. The SMILES string of the molecule is CC1CCNC(C(O)c2ccc(-c3ccccc3)cc2)C1. The standard InChI is InChI=1S/C19H23NO/c1-14-11-12-20-18(13-14)19(21)17-9-7-16(8-10-17)15-5-3-2-4-6-15/h2-10,14,18-21H,11-13H2,1H3. The number of aliphatic hydroxyl groups excluding tert-OH is 1. The molecule has 2 N–H and O–H groups in total. The minimum Gasteiger partial charge on any atom is -0.387 e. The van der Waals surface area contributed by atoms with Gasteiger partial charge in [-0.3, -0.25) is 0 Å². The normalized spacial score (nSPS) is 23.7. The molecule has 3 atom stereocenters. The molecule has 2 aromatic carbocycles. The number of nitrogens with one attached hydrogen (secondary N) is 1. The van der Waals surface area contributed by atoms with E-state index >= 15 is 0 Å². The van der Waals surface area contributed by atoms with E-state index in [1.807, 2.05) is 30.3 Å². The molecule has 1 aliphatic rings. The number of piperidine rings is 1. The van der Waals surface area contributed by atoms with Crippen molar-refractivity contribution in [2.24, 2.45) is 5.92 Å². The lowest BCUT2D eigenvalue weighted by Crippen LogP contribution is -2.41. The minimum atomic E-state index is -0.419. The third-order valence-electron chi connectivity index (χ3n) is 4.44. The summed E-state index contributed by atoms with van der Waals surface area (Å²) in [4.78, 5) is 0. The number of aliphatic hydroxyl groups is 1. The molecule has 1 heterocycles. The highest BCUT2D eigenvalue weighted by Gasteiger charge is 2.25. The van der Waals surface area contributed by atoms with Gasteiger partial charge in [0.15, 0.2) is 0 Å². The van der Waals surface area contributed by atoms with Crippen molar-refractivity contribution in [1.82, 2.24) is 5.32 Å². The van der Waals surface area contributed by atoms with Gasteiger partial charge in [-0.2, -0.15) is 0 Å². The largest absolute Gasteiger partial charge is 0.387 e. The Hall–Kier alpha value is -1.64. The summed E-state index contributed by atoms with van der Waals surface area (Å²) < 4.78 is 0. The van der Waals surface area contributed by atoms with Crippen LogP contribution >= 0.6 is 0 Å². The van der Waals surface area contributed by atoms with Gasteiger partial charge in [-0.1, -0.05) is 61.5 Å². The van der Waals surface area contributed by atoms with Gasteiger partial charge in [0.05, 0.1) is 6.10 Å². The van der Waals surface area contributed by atoms with Crippen LogP contribution in [0, 0.1) is 5.92 Å². The summed E-state index contributed by atoms with van der Waals surface area (Å²) in [6.07, 6.45) is 1.83. The van der Waals surface area contributed by atoms with Crippen molar-refractivity contribution in [3.05, 3.63) is 60.2 Å². The number of rotatable bonds is 3. The van der Waals surface area contributed by atoms with Gasteiger partial charge in [0, 0.05) is 6.04 Å². The lowest BCUT2D eigenvalue weighted by atomic mass is 9.88. The molecule has 110 valence electrons. The predicted molar refractivity (Wildman–Crippen MR) is 87.0 cm³/mol. The number of hydrogen-bond donors (Lipinski definition) is 2. The van der Waals surface area contributed by atoms with E-state index < -0.39 is 6.10 Å². The quantitative estimate of drug-likeness (QED) is 0.897. The smallest absolute Gasteiger partial charge is 0.0943 e. The molecule has 3 rings (SSSR count). The molecule has 1 fully saturated rings. The van der Waals surface area contributed by atoms with Gasteiger partial charge in [-0.15, -0.1) is 0 Å². The van der Waals surface area contributed by atoms with Gasteiger partial charge < -0.3 is 10.4 Å². The van der Waals surface area contributed by atoms with Crippen LogP contribution in [0.4, 0.5) is 0 Å². The predicted octanol–water partition coefficient (Wildman–Crippen LogP) is 3.78. The summed E-state index contributed by atoms with van der Waals surface area (Å²) in [5.41, 5.74) is 3.40. The fraction of sp³-hybridized carbons (Fsp3) is 0.368. The summed E-state index contributed by atoms with van der Waals surface area (Å²) in [6, 6.07) is 18.8. The van der Waals surface area contributed by atoms with Gasteiger partial charge in [-0.05, 0) is 42.0 Å². The molecule has 1 aliphatic heterocycles. The molecule has 3 unspecified atom stereocenters. The van der Waals surface area contributed by atoms with Crippen LogP contribution in [-0.4, -0.2) is 17.7 Å². The van der Waals surface area contributed by atoms with Crippen molar-refractivity contribution in [2.75, 3.05) is 6.54 Å². The third kappa shape index (κ3) is 3.34. The van der Waals surface area contributed by atoms with Gasteiger partial charge in [0.25, 0.3) is 0 Å². The van der Waals surface area contributed by atoms with E-state index in [9.17, 15) is 5.11 Å². The molecule has 0 aliphatic carbocycles. The van der Waals surface area contributed by atoms with Crippen LogP contribution in [0.1, 0.15) is 31.4 Å². The summed E-state index contributed by atoms with van der Waals surface area (Å²) in [6.45, 7) is 3.27. The van der Waals surface area contributed by atoms with Crippen LogP contribution in [0.5, 0.6) is 0 Å². The maximum Gasteiger partial charge on any atom is 0.0943 e. The lowest BCUT2D eigenvalue weighted by molar-refractivity contribution is 0.101. The van der Waals surface area contributed by atoms with E-state index in [2.05, 4.69) is 36.5 Å². The van der Waals surface area contributed by atoms with Crippen molar-refractivity contribution < 1.29 is 5.11 Å². The summed E-state index contributed by atoms with van der Waals surface area (Å²) in [7, 11) is 0. The molecule has 0 aromatic heterocycles. The summed E-state index contributed by atoms with van der Waals surface area (Å²) in [5.74, 6) is 0.689. The lowest BCUT2D eigenvalue weighted by Gasteiger charge is -2.32. The molecule has 2 nitrogen and oxygen atoms in total. The molecule has 2 aromatic rings. The van der Waals surface area contributed by atoms with E-state index in [1.165, 1.54) is 17.5 Å². The monoisotopic (exact) mass is 281 g/mol. The van der Waals surface area contributed by atoms with Gasteiger partial charge in [0.1, 0.15) is 0 Å². The molecule has 0 radical (unpaired) electrons. The number of benzene rings is 2. The summed E-state index contributed by atoms with van der Waals surface area (Å²) >= 11 is 0. The highest BCUT2D eigenvalue weighted by molar-refractivity contribution is 5.63. The second kappa shape index (κ2) is 6.42. The average molecular weight is 281 g/mol. The zero-order valence-corrected chi connectivity index (χ0v) is 12.5. The van der Waals surface area contributed by atoms with Crippen LogP contribution in [0.2, 0.25) is 0 Å². The molecule has 0 spiro atoms. The maximum atomic E-state index is 10.6. The van der Waals surface area contributed by atoms with Crippen molar-refractivity contribution in [1.29, 1.82) is 0 Å². The second-order valence-electron chi connectivity index (χ2n) is 6.12. The van der Waals surface area contributed by atoms with Crippen molar-refractivity contribution >= 4 is 0 Å². The zero-order valence-electron chi connectivity index (χ0n) is 12.5. The topological polar surface area (TPSA) is 32.3 Å². The molecule has 2 heteroatoms. The highest BCUT2D eigenvalue weighted by atomic mass is 16.3. The fourth-order valence-corrected chi connectivity index (χ4v) is 3.13. The molecule has 0 saturated carbocycles. The molecule has 0 bridgehead atoms. The Bertz CT molecular complexity index is 564. The molecular weight excluding hydrogens is 258 g/mol. The first-order chi connectivity index (χ1) is 10.2. The highest BCUT2D eigenvalue weighted by Crippen LogP contribution is 2.27. The van der Waals surface area contributed by atoms with Crippen LogP contribution in [0.3, 0.4) is 0 Å². The Balaban J connectivity index is 1.74. The van der Waals surface area contributed by atoms with Crippen molar-refractivity contribution in [3.63, 3.8) is 0 Å². The zero-order chi connectivity index (χ0) is 14.7. The first-order valence-corrected chi connectivity index (χ1v) is 7.81. The Morgan fingerprint density at radius 2 is 1.67 bits per heavy atom. The van der Waals surface area contributed by atoms with E-state index in [1.54, 1.807) is 0 Å². The average Bonchev–Trinajstić information content (AvgIpc) is 2.55. The van der Waals surface area contributed by atoms with Crippen molar-refractivity contribution in [3.8, 4) is 11.1 Å². The van der Waals surface area contributed by atoms with Crippen LogP contribution in [0.15, 0.2) is 54.6 Å². The van der Waals surface area contributed by atoms with Gasteiger partial charge in [0.2, 0.25) is 0 Å². The van der Waals surface area contributed by atoms with Gasteiger partial charge in [-0.25, -0.2) is 0 Å². The van der Waals surface area contributed by atoms with Crippen molar-refractivity contribution in [2.45, 2.75) is 31.9 Å². The maximum absolute atomic E-state index is 10.6. The first-order valence-electron chi connectivity index (χ1n) is 7.81. The van der Waals surface area contributed by atoms with E-state index in [0.717, 1.165) is 18.5 Å². The third-order valence-corrected chi connectivity index (χ3v) is 4.44. The molecule has 1 saturated heterocycles. The van der Waals surface area contributed by atoms with Crippen LogP contribution < -0.4 is 5.32 Å². The van der Waals surface area contributed by atoms with E-state index in [-0.39, 0.29) is 6.04 Å². The molecule has 21 heavy (non-hydrogen) atoms. The Kier molecular flexibility index (Phi) is 4.37. The van der Waals surface area contributed by atoms with E-state index in [4.69, 9.17) is 0 Å². The molecule has 0 amide bonds. The Morgan fingerprint density at radius 1 is 1.00 bits per heavy atom. The van der Waals surface area contributed by atoms with Crippen LogP contribution in [0.25, 0.3) is 11.1 Å². The Morgan fingerprint density at radius 3 is 2.33 bits per heavy atom. The second-order valence-corrected chi connectivity index (χ2v) is 6.12. The Labute approximate surface area is 126 Å². The first kappa shape index (κ1) is 14.3. The van der Waals surface area contributed by atoms with Crippen LogP contribution in [-0.2, 0) is 0 Å². The van der Waals surface area contributed by atoms with Gasteiger partial charge >= 0.3 is 0 Å².